The Morgan fingerprint density at radius 2 is 1.71 bits per heavy atom. The van der Waals surface area contributed by atoms with Crippen LogP contribution in [0.5, 0.6) is 11.5 Å². The molecule has 0 bridgehead atoms. The zero-order valence-corrected chi connectivity index (χ0v) is 20.1. The van der Waals surface area contributed by atoms with Crippen LogP contribution in [0.3, 0.4) is 0 Å². The van der Waals surface area contributed by atoms with Crippen molar-refractivity contribution in [2.75, 3.05) is 39.3 Å². The van der Waals surface area contributed by atoms with Crippen molar-refractivity contribution in [2.45, 2.75) is 0 Å². The van der Waals surface area contributed by atoms with Crippen molar-refractivity contribution >= 4 is 34.7 Å². The zero-order chi connectivity index (χ0) is 23.5. The van der Waals surface area contributed by atoms with Gasteiger partial charge >= 0.3 is 0 Å². The number of benzene rings is 2. The van der Waals surface area contributed by atoms with E-state index in [0.717, 1.165) is 22.0 Å². The van der Waals surface area contributed by atoms with Crippen molar-refractivity contribution in [3.05, 3.63) is 60.6 Å². The summed E-state index contributed by atoms with van der Waals surface area (Å²) in [6, 6.07) is 8.67. The van der Waals surface area contributed by atoms with Gasteiger partial charge in [-0.25, -0.2) is 8.78 Å². The highest BCUT2D eigenvalue weighted by molar-refractivity contribution is 5.87. The van der Waals surface area contributed by atoms with E-state index in [0.29, 0.717) is 18.8 Å². The third-order valence-corrected chi connectivity index (χ3v) is 5.42. The summed E-state index contributed by atoms with van der Waals surface area (Å²) in [5, 5.41) is 8.08. The molecule has 180 valence electrons. The number of nitrogens with one attached hydrogen (secondary N) is 1. The summed E-state index contributed by atoms with van der Waals surface area (Å²) in [7, 11) is 6.29. The van der Waals surface area contributed by atoms with Crippen molar-refractivity contribution in [3.63, 3.8) is 0 Å². The average Bonchev–Trinajstić information content (AvgIpc) is 3.27. The predicted octanol–water partition coefficient (Wildman–Crippen LogP) is 4.71. The van der Waals surface area contributed by atoms with Gasteiger partial charge in [-0.3, -0.25) is 9.67 Å². The van der Waals surface area contributed by atoms with Gasteiger partial charge in [0.15, 0.2) is 23.1 Å². The molecular weight excluding hydrogens is 464 g/mol. The summed E-state index contributed by atoms with van der Waals surface area (Å²) in [5.41, 5.74) is 2.96. The van der Waals surface area contributed by atoms with Crippen LogP contribution in [-0.4, -0.2) is 49.1 Å². The lowest BCUT2D eigenvalue weighted by atomic mass is 10.1. The Balaban J connectivity index is 0.00000324. The number of aromatic nitrogens is 3. The van der Waals surface area contributed by atoms with Crippen molar-refractivity contribution in [3.8, 4) is 22.6 Å². The Morgan fingerprint density at radius 3 is 2.29 bits per heavy atom. The van der Waals surface area contributed by atoms with E-state index in [1.54, 1.807) is 35.1 Å². The van der Waals surface area contributed by atoms with Crippen LogP contribution in [0.2, 0.25) is 0 Å². The summed E-state index contributed by atoms with van der Waals surface area (Å²) in [6.45, 7) is 0.798. The quantitative estimate of drug-likeness (QED) is 0.387. The highest BCUT2D eigenvalue weighted by Gasteiger charge is 2.26. The Labute approximate surface area is 202 Å². The number of methoxy groups -OCH3 is 2. The van der Waals surface area contributed by atoms with Gasteiger partial charge in [0, 0.05) is 60.8 Å². The van der Waals surface area contributed by atoms with E-state index >= 15 is 8.78 Å². The maximum absolute atomic E-state index is 15.3. The summed E-state index contributed by atoms with van der Waals surface area (Å²) >= 11 is 0. The largest absolute Gasteiger partial charge is 0.493 e. The van der Waals surface area contributed by atoms with E-state index in [9.17, 15) is 0 Å². The highest BCUT2D eigenvalue weighted by atomic mass is 35.5. The number of nitrogens with zero attached hydrogens (tertiary/aromatic N) is 4. The summed E-state index contributed by atoms with van der Waals surface area (Å²) in [5.74, 6) is -1.79. The second-order valence-corrected chi connectivity index (χ2v) is 7.52. The van der Waals surface area contributed by atoms with Crippen LogP contribution in [0.4, 0.5) is 20.2 Å². The molecule has 0 aliphatic rings. The number of hydrogen-bond acceptors (Lipinski definition) is 6. The van der Waals surface area contributed by atoms with Gasteiger partial charge in [-0.15, -0.1) is 12.4 Å². The fraction of sp³-hybridized carbons (Fsp3) is 0.250. The minimum absolute atomic E-state index is 0. The van der Waals surface area contributed by atoms with Crippen molar-refractivity contribution in [2.24, 2.45) is 7.05 Å². The minimum Gasteiger partial charge on any atom is -0.493 e. The number of aryl methyl sites for hydroxylation is 1. The van der Waals surface area contributed by atoms with E-state index in [4.69, 9.17) is 9.47 Å². The molecule has 0 spiro atoms. The van der Waals surface area contributed by atoms with Crippen molar-refractivity contribution in [1.29, 1.82) is 0 Å². The zero-order valence-electron chi connectivity index (χ0n) is 19.3. The number of pyridine rings is 1. The van der Waals surface area contributed by atoms with Gasteiger partial charge in [0.25, 0.3) is 0 Å². The van der Waals surface area contributed by atoms with Crippen LogP contribution in [-0.2, 0) is 7.05 Å². The Morgan fingerprint density at radius 1 is 1.00 bits per heavy atom. The van der Waals surface area contributed by atoms with E-state index < -0.39 is 11.6 Å². The van der Waals surface area contributed by atoms with Crippen LogP contribution in [0, 0.1) is 11.6 Å². The maximum Gasteiger partial charge on any atom is 0.191 e. The van der Waals surface area contributed by atoms with Gasteiger partial charge in [0.2, 0.25) is 0 Å². The molecule has 0 amide bonds. The molecule has 0 aliphatic heterocycles. The molecule has 2 heterocycles. The molecule has 0 unspecified atom stereocenters. The van der Waals surface area contributed by atoms with Gasteiger partial charge < -0.3 is 19.7 Å². The molecule has 0 atom stereocenters. The van der Waals surface area contributed by atoms with Crippen LogP contribution >= 0.6 is 12.4 Å². The molecule has 0 aliphatic carbocycles. The van der Waals surface area contributed by atoms with E-state index in [-0.39, 0.29) is 29.6 Å². The molecule has 2 aromatic heterocycles. The first kappa shape index (κ1) is 25.2. The van der Waals surface area contributed by atoms with Gasteiger partial charge in [0.1, 0.15) is 5.69 Å². The molecule has 0 radical (unpaired) electrons. The van der Waals surface area contributed by atoms with Crippen LogP contribution in [0.15, 0.2) is 48.9 Å². The van der Waals surface area contributed by atoms with E-state index in [2.05, 4.69) is 15.4 Å². The third kappa shape index (κ3) is 4.76. The molecule has 0 saturated carbocycles. The van der Waals surface area contributed by atoms with Crippen LogP contribution in [0.1, 0.15) is 0 Å². The summed E-state index contributed by atoms with van der Waals surface area (Å²) in [6.07, 6.45) is 5.45. The second kappa shape index (κ2) is 10.7. The number of ether oxygens (including phenoxy) is 2. The molecule has 7 nitrogen and oxygen atoms in total. The molecule has 0 saturated heterocycles. The SMILES string of the molecule is CNCCN(c1ccc2ncc(-c3cnn(C)c3)cc2c1)c1c(F)c(OC)cc(OC)c1F.Cl. The topological polar surface area (TPSA) is 64.4 Å². The average molecular weight is 490 g/mol. The first-order chi connectivity index (χ1) is 16.0. The first-order valence-electron chi connectivity index (χ1n) is 10.4. The van der Waals surface area contributed by atoms with Crippen molar-refractivity contribution in [1.82, 2.24) is 20.1 Å². The number of likely N-dealkylation sites (N-methyl/N-ethyl adjacent to an activating group) is 1. The predicted molar refractivity (Wildman–Crippen MR) is 132 cm³/mol. The summed E-state index contributed by atoms with van der Waals surface area (Å²) < 4.78 is 42.6. The maximum atomic E-state index is 15.3. The summed E-state index contributed by atoms with van der Waals surface area (Å²) in [4.78, 5) is 6.11. The molecule has 0 fully saturated rings. The number of rotatable bonds is 8. The van der Waals surface area contributed by atoms with E-state index in [1.807, 2.05) is 31.4 Å². The number of halogens is 3. The van der Waals surface area contributed by atoms with Crippen molar-refractivity contribution < 1.29 is 18.3 Å². The Bertz CT molecular complexity index is 1270. The normalized spacial score (nSPS) is 10.8. The minimum atomic E-state index is -0.797. The van der Waals surface area contributed by atoms with Gasteiger partial charge in [-0.2, -0.15) is 5.10 Å². The Kier molecular flexibility index (Phi) is 7.90. The first-order valence-corrected chi connectivity index (χ1v) is 10.4. The second-order valence-electron chi connectivity index (χ2n) is 7.52. The molecule has 34 heavy (non-hydrogen) atoms. The molecular formula is C24H26ClF2N5O2. The molecule has 10 heteroatoms. The number of anilines is 2. The van der Waals surface area contributed by atoms with Gasteiger partial charge in [-0.1, -0.05) is 0 Å². The van der Waals surface area contributed by atoms with Gasteiger partial charge in [-0.05, 0) is 31.3 Å². The lowest BCUT2D eigenvalue weighted by molar-refractivity contribution is 0.359. The lowest BCUT2D eigenvalue weighted by Crippen LogP contribution is -2.28. The van der Waals surface area contributed by atoms with Gasteiger partial charge in [0.05, 0.1) is 25.9 Å². The number of fused-ring (bicyclic) bond motifs is 1. The fourth-order valence-electron chi connectivity index (χ4n) is 3.72. The lowest BCUT2D eigenvalue weighted by Gasteiger charge is -2.27. The molecule has 4 aromatic rings. The molecule has 2 aromatic carbocycles. The molecule has 1 N–H and O–H groups in total. The third-order valence-electron chi connectivity index (χ3n) is 5.42. The smallest absolute Gasteiger partial charge is 0.191 e. The highest BCUT2D eigenvalue weighted by Crippen LogP contribution is 2.40. The molecule has 4 rings (SSSR count). The number of hydrogen-bond donors (Lipinski definition) is 1. The fourth-order valence-corrected chi connectivity index (χ4v) is 3.72. The van der Waals surface area contributed by atoms with Crippen LogP contribution < -0.4 is 19.7 Å². The standard InChI is InChI=1S/C24H25F2N5O2.ClH/c1-27-7-8-31(24-22(25)20(32-3)11-21(33-4)23(24)26)18-5-6-19-15(10-18)9-16(12-28-19)17-13-29-30(2)14-17;/h5-6,9-14,27H,7-8H2,1-4H3;1H. The monoisotopic (exact) mass is 489 g/mol. The van der Waals surface area contributed by atoms with Crippen LogP contribution in [0.25, 0.3) is 22.0 Å². The van der Waals surface area contributed by atoms with E-state index in [1.165, 1.54) is 20.3 Å². The Hall–Kier alpha value is -3.43.